The molecule has 0 aromatic heterocycles. The highest BCUT2D eigenvalue weighted by Gasteiger charge is 2.31. The molecule has 21 heavy (non-hydrogen) atoms. The van der Waals surface area contributed by atoms with Crippen molar-refractivity contribution in [3.63, 3.8) is 0 Å². The number of benzene rings is 1. The van der Waals surface area contributed by atoms with Gasteiger partial charge in [-0.15, -0.1) is 0 Å². The molecular formula is C14H16F3N3O. The molecule has 7 heteroatoms. The van der Waals surface area contributed by atoms with E-state index in [-0.39, 0.29) is 17.4 Å². The summed E-state index contributed by atoms with van der Waals surface area (Å²) in [4.78, 5) is 13.1. The van der Waals surface area contributed by atoms with Crippen LogP contribution in [0.3, 0.4) is 0 Å². The summed E-state index contributed by atoms with van der Waals surface area (Å²) >= 11 is 0. The fraction of sp³-hybridized carbons (Fsp3) is 0.429. The zero-order chi connectivity index (χ0) is 16.2. The molecule has 0 spiro atoms. The molecule has 0 aliphatic heterocycles. The Morgan fingerprint density at radius 3 is 2.57 bits per heavy atom. The Hall–Kier alpha value is -2.23. The first-order valence-corrected chi connectivity index (χ1v) is 6.24. The van der Waals surface area contributed by atoms with E-state index in [1.54, 1.807) is 24.9 Å². The molecule has 1 rings (SSSR count). The Bertz CT molecular complexity index is 564. The monoisotopic (exact) mass is 299 g/mol. The molecular weight excluding hydrogens is 283 g/mol. The van der Waals surface area contributed by atoms with Crippen molar-refractivity contribution in [3.8, 4) is 6.07 Å². The minimum absolute atomic E-state index is 0.0727. The van der Waals surface area contributed by atoms with Gasteiger partial charge >= 0.3 is 6.18 Å². The molecule has 0 bridgehead atoms. The Morgan fingerprint density at radius 2 is 2.10 bits per heavy atom. The highest BCUT2D eigenvalue weighted by molar-refractivity contribution is 5.78. The first-order chi connectivity index (χ1) is 9.70. The van der Waals surface area contributed by atoms with Crippen LogP contribution in [0.15, 0.2) is 18.2 Å². The lowest BCUT2D eigenvalue weighted by Gasteiger charge is -2.24. The number of nitriles is 1. The van der Waals surface area contributed by atoms with E-state index < -0.39 is 11.7 Å². The van der Waals surface area contributed by atoms with Crippen molar-refractivity contribution in [2.75, 3.05) is 25.5 Å². The van der Waals surface area contributed by atoms with Crippen LogP contribution in [0, 0.1) is 17.2 Å². The van der Waals surface area contributed by atoms with Gasteiger partial charge in [0.05, 0.1) is 22.7 Å². The predicted molar refractivity (Wildman–Crippen MR) is 72.7 cm³/mol. The van der Waals surface area contributed by atoms with Crippen molar-refractivity contribution >= 4 is 11.6 Å². The first-order valence-electron chi connectivity index (χ1n) is 6.24. The molecule has 0 radical (unpaired) electrons. The van der Waals surface area contributed by atoms with Crippen molar-refractivity contribution in [1.29, 1.82) is 5.26 Å². The number of anilines is 1. The number of alkyl halides is 3. The smallest absolute Gasteiger partial charge is 0.373 e. The van der Waals surface area contributed by atoms with E-state index in [4.69, 9.17) is 5.26 Å². The van der Waals surface area contributed by atoms with Gasteiger partial charge in [0.15, 0.2) is 0 Å². The number of amides is 1. The molecule has 1 aromatic carbocycles. The van der Waals surface area contributed by atoms with Crippen LogP contribution in [0.2, 0.25) is 0 Å². The summed E-state index contributed by atoms with van der Waals surface area (Å²) in [6, 6.07) is 4.75. The fourth-order valence-corrected chi connectivity index (χ4v) is 1.97. The van der Waals surface area contributed by atoms with Crippen molar-refractivity contribution in [3.05, 3.63) is 29.3 Å². The van der Waals surface area contributed by atoms with Crippen LogP contribution in [0.5, 0.6) is 0 Å². The number of hydrogen-bond donors (Lipinski definition) is 1. The zero-order valence-corrected chi connectivity index (χ0v) is 12.0. The second-order valence-electron chi connectivity index (χ2n) is 4.74. The molecule has 0 aliphatic carbocycles. The van der Waals surface area contributed by atoms with Crippen LogP contribution in [0.1, 0.15) is 18.1 Å². The highest BCUT2D eigenvalue weighted by Crippen LogP contribution is 2.32. The predicted octanol–water partition coefficient (Wildman–Crippen LogP) is 2.40. The summed E-state index contributed by atoms with van der Waals surface area (Å²) < 4.78 is 37.9. The van der Waals surface area contributed by atoms with Gasteiger partial charge < -0.3 is 10.2 Å². The molecule has 0 fully saturated rings. The van der Waals surface area contributed by atoms with Gasteiger partial charge in [0.2, 0.25) is 5.91 Å². The van der Waals surface area contributed by atoms with Crippen LogP contribution < -0.4 is 10.2 Å². The summed E-state index contributed by atoms with van der Waals surface area (Å²) in [5, 5.41) is 11.5. The van der Waals surface area contributed by atoms with Gasteiger partial charge in [-0.3, -0.25) is 4.79 Å². The van der Waals surface area contributed by atoms with Crippen LogP contribution in [0.25, 0.3) is 0 Å². The highest BCUT2D eigenvalue weighted by atomic mass is 19.4. The lowest BCUT2D eigenvalue weighted by molar-refractivity contribution is -0.137. The Kier molecular flexibility index (Phi) is 5.19. The van der Waals surface area contributed by atoms with Gasteiger partial charge in [-0.05, 0) is 18.2 Å². The summed E-state index contributed by atoms with van der Waals surface area (Å²) in [5.41, 5.74) is -0.576. The SMILES string of the molecule is CNC(=O)[C@@H](C)CN(C)c1ccc(C(F)(F)F)cc1C#N. The molecule has 0 aliphatic rings. The quantitative estimate of drug-likeness (QED) is 0.929. The molecule has 1 N–H and O–H groups in total. The molecule has 1 atom stereocenters. The van der Waals surface area contributed by atoms with Gasteiger partial charge in [0, 0.05) is 20.6 Å². The standard InChI is InChI=1S/C14H16F3N3O/c1-9(13(21)19-2)8-20(3)12-5-4-11(14(15,16)17)6-10(12)7-18/h4-6,9H,8H2,1-3H3,(H,19,21)/t9-/m0/s1. The second-order valence-corrected chi connectivity index (χ2v) is 4.74. The van der Waals surface area contributed by atoms with Gasteiger partial charge in [0.25, 0.3) is 0 Å². The molecule has 0 saturated carbocycles. The zero-order valence-electron chi connectivity index (χ0n) is 12.0. The third kappa shape index (κ3) is 4.12. The van der Waals surface area contributed by atoms with Gasteiger partial charge in [-0.25, -0.2) is 0 Å². The first kappa shape index (κ1) is 16.8. The Morgan fingerprint density at radius 1 is 1.48 bits per heavy atom. The summed E-state index contributed by atoms with van der Waals surface area (Å²) in [7, 11) is 3.14. The topological polar surface area (TPSA) is 56.1 Å². The normalized spacial score (nSPS) is 12.4. The van der Waals surface area contributed by atoms with Crippen LogP contribution in [-0.4, -0.2) is 26.5 Å². The van der Waals surface area contributed by atoms with Crippen LogP contribution in [0.4, 0.5) is 18.9 Å². The third-order valence-electron chi connectivity index (χ3n) is 3.10. The van der Waals surface area contributed by atoms with E-state index in [1.165, 1.54) is 13.1 Å². The van der Waals surface area contributed by atoms with Crippen LogP contribution in [-0.2, 0) is 11.0 Å². The summed E-state index contributed by atoms with van der Waals surface area (Å²) in [5.74, 6) is -0.527. The number of hydrogen-bond acceptors (Lipinski definition) is 3. The van der Waals surface area contributed by atoms with E-state index in [0.717, 1.165) is 12.1 Å². The van der Waals surface area contributed by atoms with Crippen LogP contribution >= 0.6 is 0 Å². The van der Waals surface area contributed by atoms with Crippen molar-refractivity contribution in [2.24, 2.45) is 5.92 Å². The van der Waals surface area contributed by atoms with E-state index >= 15 is 0 Å². The lowest BCUT2D eigenvalue weighted by atomic mass is 10.1. The molecule has 0 saturated heterocycles. The van der Waals surface area contributed by atoms with Gasteiger partial charge in [0.1, 0.15) is 6.07 Å². The molecule has 4 nitrogen and oxygen atoms in total. The maximum atomic E-state index is 12.6. The number of carbonyl (C=O) groups is 1. The van der Waals surface area contributed by atoms with Gasteiger partial charge in [-0.1, -0.05) is 6.92 Å². The molecule has 0 heterocycles. The molecule has 114 valence electrons. The second kappa shape index (κ2) is 6.48. The fourth-order valence-electron chi connectivity index (χ4n) is 1.97. The maximum Gasteiger partial charge on any atom is 0.416 e. The third-order valence-corrected chi connectivity index (χ3v) is 3.10. The van der Waals surface area contributed by atoms with Crippen molar-refractivity contribution in [2.45, 2.75) is 13.1 Å². The van der Waals surface area contributed by atoms with E-state index in [9.17, 15) is 18.0 Å². The average molecular weight is 299 g/mol. The molecule has 1 aromatic rings. The number of rotatable bonds is 4. The van der Waals surface area contributed by atoms with E-state index in [1.807, 2.05) is 0 Å². The van der Waals surface area contributed by atoms with Gasteiger partial charge in [-0.2, -0.15) is 18.4 Å². The summed E-state index contributed by atoms with van der Waals surface area (Å²) in [6.07, 6.45) is -4.49. The number of nitrogens with one attached hydrogen (secondary N) is 1. The van der Waals surface area contributed by atoms with E-state index in [2.05, 4.69) is 5.32 Å². The summed E-state index contributed by atoms with van der Waals surface area (Å²) in [6.45, 7) is 1.99. The Balaban J connectivity index is 3.03. The molecule has 1 amide bonds. The minimum Gasteiger partial charge on any atom is -0.373 e. The number of carbonyl (C=O) groups excluding carboxylic acids is 1. The average Bonchev–Trinajstić information content (AvgIpc) is 2.44. The van der Waals surface area contributed by atoms with E-state index in [0.29, 0.717) is 12.2 Å². The van der Waals surface area contributed by atoms with Crippen molar-refractivity contribution in [1.82, 2.24) is 5.32 Å². The lowest BCUT2D eigenvalue weighted by Crippen LogP contribution is -2.34. The number of nitrogens with zero attached hydrogens (tertiary/aromatic N) is 2. The Labute approximate surface area is 121 Å². The maximum absolute atomic E-state index is 12.6. The number of halogens is 3. The minimum atomic E-state index is -4.49. The van der Waals surface area contributed by atoms with Crippen molar-refractivity contribution < 1.29 is 18.0 Å². The molecule has 0 unspecified atom stereocenters. The largest absolute Gasteiger partial charge is 0.416 e.